The van der Waals surface area contributed by atoms with Crippen molar-refractivity contribution in [3.63, 3.8) is 0 Å². The van der Waals surface area contributed by atoms with Crippen LogP contribution in [0.15, 0.2) is 0 Å². The lowest BCUT2D eigenvalue weighted by Crippen LogP contribution is -2.54. The number of nitrogens with one attached hydrogen (secondary N) is 2. The molecule has 2 fully saturated rings. The SMILES string of the molecule is O=C1CC2(CNC2)CN1.O=CO. The molecule has 68 valence electrons. The maximum atomic E-state index is 10.7. The van der Waals surface area contributed by atoms with E-state index in [-0.39, 0.29) is 12.4 Å². The second-order valence-electron chi connectivity index (χ2n) is 3.16. The molecule has 2 aliphatic heterocycles. The average Bonchev–Trinajstić information content (AvgIpc) is 2.32. The molecule has 2 aliphatic rings. The van der Waals surface area contributed by atoms with Crippen molar-refractivity contribution in [1.29, 1.82) is 0 Å². The first-order valence-electron chi connectivity index (χ1n) is 3.78. The van der Waals surface area contributed by atoms with Gasteiger partial charge in [0, 0.05) is 31.5 Å². The molecule has 2 rings (SSSR count). The molecule has 0 aliphatic carbocycles. The Morgan fingerprint density at radius 1 is 1.42 bits per heavy atom. The minimum Gasteiger partial charge on any atom is -0.483 e. The Morgan fingerprint density at radius 2 is 2.00 bits per heavy atom. The topological polar surface area (TPSA) is 78.4 Å². The van der Waals surface area contributed by atoms with Gasteiger partial charge in [-0.2, -0.15) is 0 Å². The third kappa shape index (κ3) is 1.73. The number of carbonyl (C=O) groups is 2. The monoisotopic (exact) mass is 172 g/mol. The highest BCUT2D eigenvalue weighted by atomic mass is 16.3. The Kier molecular flexibility index (Phi) is 2.65. The molecule has 0 unspecified atom stereocenters. The summed E-state index contributed by atoms with van der Waals surface area (Å²) < 4.78 is 0. The Hall–Kier alpha value is -1.10. The molecule has 5 heteroatoms. The quantitative estimate of drug-likeness (QED) is 0.401. The second kappa shape index (κ2) is 3.53. The van der Waals surface area contributed by atoms with Crippen LogP contribution >= 0.6 is 0 Å². The van der Waals surface area contributed by atoms with Gasteiger partial charge in [-0.05, 0) is 0 Å². The second-order valence-corrected chi connectivity index (χ2v) is 3.16. The summed E-state index contributed by atoms with van der Waals surface area (Å²) in [5.41, 5.74) is 0.317. The first kappa shape index (κ1) is 8.99. The van der Waals surface area contributed by atoms with Gasteiger partial charge in [0.05, 0.1) is 0 Å². The standard InChI is InChI=1S/C6H10N2O.CH2O2/c9-5-1-6(4-8-5)2-7-3-6;2-1-3/h7H,1-4H2,(H,8,9);1H,(H,2,3). The third-order valence-electron chi connectivity index (χ3n) is 2.20. The van der Waals surface area contributed by atoms with Crippen molar-refractivity contribution in [2.75, 3.05) is 19.6 Å². The number of amides is 1. The van der Waals surface area contributed by atoms with Crippen molar-refractivity contribution in [2.45, 2.75) is 6.42 Å². The molecule has 2 saturated heterocycles. The summed E-state index contributed by atoms with van der Waals surface area (Å²) in [6.07, 6.45) is 0.736. The molecule has 0 saturated carbocycles. The first-order valence-corrected chi connectivity index (χ1v) is 3.78. The van der Waals surface area contributed by atoms with E-state index in [0.29, 0.717) is 5.41 Å². The fourth-order valence-corrected chi connectivity index (χ4v) is 1.48. The lowest BCUT2D eigenvalue weighted by Gasteiger charge is -2.37. The van der Waals surface area contributed by atoms with Gasteiger partial charge in [0.25, 0.3) is 6.47 Å². The molecule has 0 bridgehead atoms. The van der Waals surface area contributed by atoms with Gasteiger partial charge < -0.3 is 15.7 Å². The van der Waals surface area contributed by atoms with Crippen LogP contribution in [0.5, 0.6) is 0 Å². The van der Waals surface area contributed by atoms with Gasteiger partial charge in [-0.15, -0.1) is 0 Å². The Morgan fingerprint density at radius 3 is 2.17 bits per heavy atom. The molecular weight excluding hydrogens is 160 g/mol. The summed E-state index contributed by atoms with van der Waals surface area (Å²) in [5, 5.41) is 12.9. The van der Waals surface area contributed by atoms with Crippen molar-refractivity contribution in [3.05, 3.63) is 0 Å². The van der Waals surface area contributed by atoms with E-state index in [4.69, 9.17) is 9.90 Å². The first-order chi connectivity index (χ1) is 5.72. The van der Waals surface area contributed by atoms with Crippen LogP contribution in [0.25, 0.3) is 0 Å². The van der Waals surface area contributed by atoms with Crippen LogP contribution in [0.4, 0.5) is 0 Å². The summed E-state index contributed by atoms with van der Waals surface area (Å²) in [6, 6.07) is 0. The summed E-state index contributed by atoms with van der Waals surface area (Å²) >= 11 is 0. The molecule has 5 nitrogen and oxygen atoms in total. The zero-order chi connectivity index (χ0) is 9.03. The number of hydrogen-bond acceptors (Lipinski definition) is 3. The van der Waals surface area contributed by atoms with Crippen LogP contribution in [0.3, 0.4) is 0 Å². The fraction of sp³-hybridized carbons (Fsp3) is 0.714. The highest BCUT2D eigenvalue weighted by Gasteiger charge is 2.43. The number of rotatable bonds is 0. The van der Waals surface area contributed by atoms with Crippen molar-refractivity contribution in [2.24, 2.45) is 5.41 Å². The van der Waals surface area contributed by atoms with Gasteiger partial charge >= 0.3 is 0 Å². The Labute approximate surface area is 70.1 Å². The number of hydrogen-bond donors (Lipinski definition) is 3. The van der Waals surface area contributed by atoms with E-state index in [2.05, 4.69) is 10.6 Å². The normalized spacial score (nSPS) is 23.5. The van der Waals surface area contributed by atoms with Crippen molar-refractivity contribution in [3.8, 4) is 0 Å². The minimum absolute atomic E-state index is 0.219. The van der Waals surface area contributed by atoms with E-state index < -0.39 is 0 Å². The number of carbonyl (C=O) groups excluding carboxylic acids is 1. The zero-order valence-corrected chi connectivity index (χ0v) is 6.67. The Balaban J connectivity index is 0.000000213. The van der Waals surface area contributed by atoms with Crippen molar-refractivity contribution >= 4 is 12.4 Å². The maximum absolute atomic E-state index is 10.7. The average molecular weight is 172 g/mol. The predicted octanol–water partition coefficient (Wildman–Crippen LogP) is -1.20. The van der Waals surface area contributed by atoms with Crippen LogP contribution in [-0.2, 0) is 9.59 Å². The molecule has 0 radical (unpaired) electrons. The summed E-state index contributed by atoms with van der Waals surface area (Å²) in [6.45, 7) is 2.68. The van der Waals surface area contributed by atoms with Gasteiger partial charge in [-0.25, -0.2) is 0 Å². The number of carboxylic acid groups (broad SMARTS) is 1. The van der Waals surface area contributed by atoms with Crippen LogP contribution < -0.4 is 10.6 Å². The summed E-state index contributed by atoms with van der Waals surface area (Å²) in [5.74, 6) is 0.219. The van der Waals surface area contributed by atoms with Crippen LogP contribution in [0.1, 0.15) is 6.42 Å². The van der Waals surface area contributed by atoms with E-state index in [1.165, 1.54) is 0 Å². The van der Waals surface area contributed by atoms with Gasteiger partial charge in [0.1, 0.15) is 0 Å². The molecule has 2 heterocycles. The Bertz CT molecular complexity index is 189. The predicted molar refractivity (Wildman–Crippen MR) is 41.6 cm³/mol. The summed E-state index contributed by atoms with van der Waals surface area (Å²) in [7, 11) is 0. The molecule has 1 amide bonds. The van der Waals surface area contributed by atoms with Crippen LogP contribution in [0, 0.1) is 5.41 Å². The van der Waals surface area contributed by atoms with Gasteiger partial charge in [0.2, 0.25) is 5.91 Å². The lowest BCUT2D eigenvalue weighted by molar-refractivity contribution is -0.123. The van der Waals surface area contributed by atoms with E-state index in [1.807, 2.05) is 0 Å². The molecule has 0 aromatic rings. The zero-order valence-electron chi connectivity index (χ0n) is 6.67. The smallest absolute Gasteiger partial charge is 0.290 e. The lowest BCUT2D eigenvalue weighted by atomic mass is 9.81. The van der Waals surface area contributed by atoms with Gasteiger partial charge in [-0.3, -0.25) is 9.59 Å². The molecule has 0 aromatic carbocycles. The van der Waals surface area contributed by atoms with Gasteiger partial charge in [0.15, 0.2) is 0 Å². The van der Waals surface area contributed by atoms with Crippen molar-refractivity contribution in [1.82, 2.24) is 10.6 Å². The molecule has 0 aromatic heterocycles. The largest absolute Gasteiger partial charge is 0.483 e. The fourth-order valence-electron chi connectivity index (χ4n) is 1.48. The third-order valence-corrected chi connectivity index (χ3v) is 2.20. The van der Waals surface area contributed by atoms with E-state index in [0.717, 1.165) is 26.1 Å². The highest BCUT2D eigenvalue weighted by molar-refractivity contribution is 5.79. The maximum Gasteiger partial charge on any atom is 0.290 e. The molecular formula is C7H12N2O3. The van der Waals surface area contributed by atoms with E-state index >= 15 is 0 Å². The highest BCUT2D eigenvalue weighted by Crippen LogP contribution is 2.29. The molecule has 1 spiro atoms. The van der Waals surface area contributed by atoms with Crippen LogP contribution in [0.2, 0.25) is 0 Å². The molecule has 3 N–H and O–H groups in total. The van der Waals surface area contributed by atoms with Gasteiger partial charge in [-0.1, -0.05) is 0 Å². The van der Waals surface area contributed by atoms with Crippen molar-refractivity contribution < 1.29 is 14.7 Å². The summed E-state index contributed by atoms with van der Waals surface area (Å²) in [4.78, 5) is 19.1. The molecule has 0 atom stereocenters. The molecule has 12 heavy (non-hydrogen) atoms. The van der Waals surface area contributed by atoms with Crippen LogP contribution in [-0.4, -0.2) is 37.1 Å². The van der Waals surface area contributed by atoms with E-state index in [9.17, 15) is 4.79 Å². The minimum atomic E-state index is -0.250. The van der Waals surface area contributed by atoms with E-state index in [1.54, 1.807) is 0 Å².